The molecule has 0 saturated heterocycles. The van der Waals surface area contributed by atoms with E-state index in [4.69, 9.17) is 15.2 Å². The van der Waals surface area contributed by atoms with Crippen molar-refractivity contribution in [3.05, 3.63) is 23.8 Å². The summed E-state index contributed by atoms with van der Waals surface area (Å²) in [4.78, 5) is 11.4. The first-order valence-electron chi connectivity index (χ1n) is 5.91. The van der Waals surface area contributed by atoms with E-state index in [9.17, 15) is 4.79 Å². The molecule has 1 rings (SSSR count). The van der Waals surface area contributed by atoms with Crippen molar-refractivity contribution in [2.75, 3.05) is 13.7 Å². The molecule has 0 bridgehead atoms. The van der Waals surface area contributed by atoms with Crippen LogP contribution in [0.5, 0.6) is 11.5 Å². The minimum atomic E-state index is -0.505. The molecule has 1 aromatic carbocycles. The van der Waals surface area contributed by atoms with Gasteiger partial charge in [0.25, 0.3) is 0 Å². The van der Waals surface area contributed by atoms with Crippen molar-refractivity contribution in [3.8, 4) is 11.5 Å². The second-order valence-corrected chi connectivity index (χ2v) is 3.92. The second kappa shape index (κ2) is 8.61. The summed E-state index contributed by atoms with van der Waals surface area (Å²) in [7, 11) is 1.59. The van der Waals surface area contributed by atoms with Crippen molar-refractivity contribution in [1.82, 2.24) is 5.32 Å². The molecule has 0 aliphatic rings. The number of hydrogen-bond acceptors (Lipinski definition) is 4. The third-order valence-electron chi connectivity index (χ3n) is 2.41. The molecule has 19 heavy (non-hydrogen) atoms. The molecule has 0 aromatic heterocycles. The van der Waals surface area contributed by atoms with Gasteiger partial charge in [0, 0.05) is 6.54 Å². The molecule has 0 heterocycles. The molecule has 0 aliphatic carbocycles. The number of hydrogen-bond donors (Lipinski definition) is 2. The molecule has 0 radical (unpaired) electrons. The number of carbonyl (C=O) groups excluding carboxylic acids is 1. The Morgan fingerprint density at radius 3 is 2.63 bits per heavy atom. The van der Waals surface area contributed by atoms with Crippen LogP contribution in [0.2, 0.25) is 0 Å². The summed E-state index contributed by atoms with van der Waals surface area (Å²) in [5.41, 5.74) is 6.40. The Labute approximate surface area is 119 Å². The topological polar surface area (TPSA) is 73.6 Å². The van der Waals surface area contributed by atoms with Gasteiger partial charge in [0.1, 0.15) is 0 Å². The summed E-state index contributed by atoms with van der Waals surface area (Å²) >= 11 is 0. The average Bonchev–Trinajstić information content (AvgIpc) is 2.36. The zero-order valence-electron chi connectivity index (χ0n) is 11.4. The van der Waals surface area contributed by atoms with Crippen molar-refractivity contribution in [2.24, 2.45) is 5.73 Å². The third kappa shape index (κ3) is 5.36. The van der Waals surface area contributed by atoms with E-state index in [2.05, 4.69) is 5.32 Å². The summed E-state index contributed by atoms with van der Waals surface area (Å²) in [6.07, 6.45) is 0. The molecule has 6 heteroatoms. The first-order chi connectivity index (χ1) is 8.58. The third-order valence-corrected chi connectivity index (χ3v) is 2.41. The van der Waals surface area contributed by atoms with Gasteiger partial charge in [-0.2, -0.15) is 0 Å². The molecule has 3 N–H and O–H groups in total. The van der Waals surface area contributed by atoms with Crippen molar-refractivity contribution in [2.45, 2.75) is 26.4 Å². The van der Waals surface area contributed by atoms with E-state index in [1.807, 2.05) is 25.1 Å². The van der Waals surface area contributed by atoms with E-state index >= 15 is 0 Å². The molecule has 0 fully saturated rings. The number of carbonyl (C=O) groups is 1. The number of benzene rings is 1. The fraction of sp³-hybridized carbons (Fsp3) is 0.462. The lowest BCUT2D eigenvalue weighted by Crippen LogP contribution is -2.37. The van der Waals surface area contributed by atoms with Gasteiger partial charge in [-0.1, -0.05) is 6.07 Å². The minimum absolute atomic E-state index is 0. The fourth-order valence-electron chi connectivity index (χ4n) is 1.45. The summed E-state index contributed by atoms with van der Waals surface area (Å²) in [6, 6.07) is 5.04. The number of rotatable bonds is 6. The molecular formula is C13H21ClN2O3. The zero-order valence-corrected chi connectivity index (χ0v) is 12.3. The monoisotopic (exact) mass is 288 g/mol. The molecule has 108 valence electrons. The maximum Gasteiger partial charge on any atom is 0.236 e. The van der Waals surface area contributed by atoms with Crippen molar-refractivity contribution in [1.29, 1.82) is 0 Å². The Kier molecular flexibility index (Phi) is 7.95. The highest BCUT2D eigenvalue weighted by Crippen LogP contribution is 2.27. The fourth-order valence-corrected chi connectivity index (χ4v) is 1.45. The average molecular weight is 289 g/mol. The molecule has 5 nitrogen and oxygen atoms in total. The van der Waals surface area contributed by atoms with Crippen LogP contribution in [0.1, 0.15) is 19.4 Å². The van der Waals surface area contributed by atoms with Gasteiger partial charge in [-0.15, -0.1) is 12.4 Å². The smallest absolute Gasteiger partial charge is 0.236 e. The van der Waals surface area contributed by atoms with Crippen LogP contribution in [0.4, 0.5) is 0 Å². The van der Waals surface area contributed by atoms with Crippen LogP contribution in [-0.4, -0.2) is 25.7 Å². The number of ether oxygens (including phenoxy) is 2. The van der Waals surface area contributed by atoms with Gasteiger partial charge in [-0.05, 0) is 31.5 Å². The van der Waals surface area contributed by atoms with Crippen LogP contribution in [-0.2, 0) is 11.3 Å². The van der Waals surface area contributed by atoms with Gasteiger partial charge < -0.3 is 20.5 Å². The molecule has 1 aromatic rings. The van der Waals surface area contributed by atoms with Gasteiger partial charge >= 0.3 is 0 Å². The van der Waals surface area contributed by atoms with Crippen molar-refractivity contribution < 1.29 is 14.3 Å². The lowest BCUT2D eigenvalue weighted by molar-refractivity contribution is -0.122. The lowest BCUT2D eigenvalue weighted by atomic mass is 10.2. The normalized spacial score (nSPS) is 11.2. The lowest BCUT2D eigenvalue weighted by Gasteiger charge is -2.12. The standard InChI is InChI=1S/C13H20N2O3.ClH/c1-4-18-12-7-10(5-6-11(12)17-3)8-15-13(16)9(2)14;/h5-7,9H,4,8,14H2,1-3H3,(H,15,16);1H/t9-;/m1./s1. The summed E-state index contributed by atoms with van der Waals surface area (Å²) in [5, 5.41) is 2.74. The zero-order chi connectivity index (χ0) is 13.5. The molecular weight excluding hydrogens is 268 g/mol. The van der Waals surface area contributed by atoms with E-state index in [0.29, 0.717) is 24.7 Å². The second-order valence-electron chi connectivity index (χ2n) is 3.92. The van der Waals surface area contributed by atoms with Crippen molar-refractivity contribution in [3.63, 3.8) is 0 Å². The number of methoxy groups -OCH3 is 1. The van der Waals surface area contributed by atoms with Crippen LogP contribution in [0.3, 0.4) is 0 Å². The highest BCUT2D eigenvalue weighted by atomic mass is 35.5. The Morgan fingerprint density at radius 2 is 2.11 bits per heavy atom. The molecule has 1 atom stereocenters. The molecule has 0 saturated carbocycles. The minimum Gasteiger partial charge on any atom is -0.493 e. The van der Waals surface area contributed by atoms with E-state index in [-0.39, 0.29) is 18.3 Å². The van der Waals surface area contributed by atoms with E-state index in [0.717, 1.165) is 5.56 Å². The van der Waals surface area contributed by atoms with Crippen molar-refractivity contribution >= 4 is 18.3 Å². The summed E-state index contributed by atoms with van der Waals surface area (Å²) in [6.45, 7) is 4.54. The Hall–Kier alpha value is -1.46. The predicted molar refractivity (Wildman–Crippen MR) is 76.9 cm³/mol. The first-order valence-corrected chi connectivity index (χ1v) is 5.91. The highest BCUT2D eigenvalue weighted by Gasteiger charge is 2.08. The van der Waals surface area contributed by atoms with E-state index in [1.54, 1.807) is 14.0 Å². The molecule has 0 unspecified atom stereocenters. The largest absolute Gasteiger partial charge is 0.493 e. The van der Waals surface area contributed by atoms with Crippen LogP contribution in [0.25, 0.3) is 0 Å². The van der Waals surface area contributed by atoms with Gasteiger partial charge in [-0.25, -0.2) is 0 Å². The molecule has 0 spiro atoms. The Bertz CT molecular complexity index is 411. The van der Waals surface area contributed by atoms with Gasteiger partial charge in [0.05, 0.1) is 19.8 Å². The Morgan fingerprint density at radius 1 is 1.42 bits per heavy atom. The first kappa shape index (κ1) is 17.5. The van der Waals surface area contributed by atoms with Gasteiger partial charge in [-0.3, -0.25) is 4.79 Å². The van der Waals surface area contributed by atoms with Gasteiger partial charge in [0.2, 0.25) is 5.91 Å². The number of nitrogens with one attached hydrogen (secondary N) is 1. The van der Waals surface area contributed by atoms with E-state index < -0.39 is 6.04 Å². The summed E-state index contributed by atoms with van der Waals surface area (Å²) < 4.78 is 10.6. The highest BCUT2D eigenvalue weighted by molar-refractivity contribution is 5.85. The molecule has 0 aliphatic heterocycles. The predicted octanol–water partition coefficient (Wildman–Crippen LogP) is 1.48. The van der Waals surface area contributed by atoms with Crippen LogP contribution < -0.4 is 20.5 Å². The maximum absolute atomic E-state index is 11.4. The number of amides is 1. The van der Waals surface area contributed by atoms with E-state index in [1.165, 1.54) is 0 Å². The molecule has 1 amide bonds. The van der Waals surface area contributed by atoms with Gasteiger partial charge in [0.15, 0.2) is 11.5 Å². The Balaban J connectivity index is 0.00000324. The SMILES string of the molecule is CCOc1cc(CNC(=O)[C@@H](C)N)ccc1OC.Cl. The van der Waals surface area contributed by atoms with Crippen LogP contribution >= 0.6 is 12.4 Å². The van der Waals surface area contributed by atoms with Crippen LogP contribution in [0.15, 0.2) is 18.2 Å². The number of nitrogens with two attached hydrogens (primary N) is 1. The summed E-state index contributed by atoms with van der Waals surface area (Å²) in [5.74, 6) is 1.18. The maximum atomic E-state index is 11.4. The number of halogens is 1. The van der Waals surface area contributed by atoms with Crippen LogP contribution in [0, 0.1) is 0 Å². The quantitative estimate of drug-likeness (QED) is 0.831.